The molecule has 13 nitrogen and oxygen atoms in total. The van der Waals surface area contributed by atoms with E-state index in [1.165, 1.54) is 0 Å². The van der Waals surface area contributed by atoms with Crippen LogP contribution in [0.15, 0.2) is 78.9 Å². The summed E-state index contributed by atoms with van der Waals surface area (Å²) < 4.78 is 28.4. The van der Waals surface area contributed by atoms with E-state index in [9.17, 15) is 28.7 Å². The van der Waals surface area contributed by atoms with Gasteiger partial charge in [0.25, 0.3) is 5.91 Å². The van der Waals surface area contributed by atoms with Gasteiger partial charge in [-0.1, -0.05) is 92.7 Å². The summed E-state index contributed by atoms with van der Waals surface area (Å²) in [5.74, 6) is -0.378. The number of amides is 4. The Morgan fingerprint density at radius 2 is 1.52 bits per heavy atom. The summed E-state index contributed by atoms with van der Waals surface area (Å²) in [6.07, 6.45) is 0.549. The van der Waals surface area contributed by atoms with Gasteiger partial charge in [-0.2, -0.15) is 0 Å². The minimum atomic E-state index is -4.90. The third-order valence-electron chi connectivity index (χ3n) is 8.89. The van der Waals surface area contributed by atoms with Crippen LogP contribution in [-0.4, -0.2) is 83.3 Å². The van der Waals surface area contributed by atoms with Crippen molar-refractivity contribution in [1.82, 2.24) is 20.9 Å². The molecule has 1 aliphatic heterocycles. The van der Waals surface area contributed by atoms with Crippen molar-refractivity contribution >= 4 is 25.7 Å². The third-order valence-corrected chi connectivity index (χ3v) is 9.33. The van der Waals surface area contributed by atoms with Crippen LogP contribution in [0.4, 0.5) is 4.79 Å². The van der Waals surface area contributed by atoms with Crippen LogP contribution in [0.2, 0.25) is 0 Å². The van der Waals surface area contributed by atoms with E-state index in [-0.39, 0.29) is 37.3 Å². The second-order valence-corrected chi connectivity index (χ2v) is 14.7. The van der Waals surface area contributed by atoms with E-state index in [4.69, 9.17) is 14.0 Å². The van der Waals surface area contributed by atoms with Crippen LogP contribution in [-0.2, 0) is 36.3 Å². The number of nitrogens with one attached hydrogen (secondary N) is 3. The highest BCUT2D eigenvalue weighted by Crippen LogP contribution is 2.35. The number of phosphoric ester groups is 1. The predicted octanol–water partition coefficient (Wildman–Crippen LogP) is 4.42. The van der Waals surface area contributed by atoms with E-state index < -0.39 is 44.8 Å². The molecule has 0 saturated carbocycles. The maximum Gasteiger partial charge on any atom is 0.471 e. The highest BCUT2D eigenvalue weighted by Gasteiger charge is 2.36. The van der Waals surface area contributed by atoms with Gasteiger partial charge in [0.05, 0.1) is 12.1 Å². The normalized spacial score (nSPS) is 15.7. The van der Waals surface area contributed by atoms with Crippen molar-refractivity contribution in [2.75, 3.05) is 26.5 Å². The number of phosphoric acid groups is 1. The molecule has 1 aliphatic rings. The minimum Gasteiger partial charge on any atom is -0.483 e. The van der Waals surface area contributed by atoms with Crippen molar-refractivity contribution in [2.24, 2.45) is 5.92 Å². The minimum absolute atomic E-state index is 0.109. The number of hydrogen-bond donors (Lipinski definition) is 5. The molecule has 4 rings (SSSR count). The lowest BCUT2D eigenvalue weighted by molar-refractivity contribution is -0.129. The van der Waals surface area contributed by atoms with Gasteiger partial charge in [-0.05, 0) is 67.7 Å². The monoisotopic (exact) mass is 738 g/mol. The zero-order valence-electron chi connectivity index (χ0n) is 30.2. The Morgan fingerprint density at radius 1 is 0.904 bits per heavy atom. The van der Waals surface area contributed by atoms with Crippen LogP contribution in [0.5, 0.6) is 5.75 Å². The Morgan fingerprint density at radius 3 is 2.10 bits per heavy atom. The first-order chi connectivity index (χ1) is 24.8. The molecule has 0 radical (unpaired) electrons. The zero-order valence-corrected chi connectivity index (χ0v) is 31.1. The van der Waals surface area contributed by atoms with E-state index in [0.717, 1.165) is 22.3 Å². The van der Waals surface area contributed by atoms with Gasteiger partial charge in [-0.25, -0.2) is 9.36 Å². The van der Waals surface area contributed by atoms with Crippen molar-refractivity contribution in [1.29, 1.82) is 0 Å². The van der Waals surface area contributed by atoms with Crippen LogP contribution in [0, 0.1) is 19.8 Å². The number of carbonyl (C=O) groups excluding carboxylic acids is 3. The van der Waals surface area contributed by atoms with Gasteiger partial charge < -0.3 is 40.1 Å². The first-order valence-electron chi connectivity index (χ1n) is 17.5. The SMILES string of the molecule is Cc1cccc(C)c1OCC(=O)N[C@@H](Cc1ccccc1)C(C[C@H](Cc1ccccc1)NC(=O)[C@H](C(C)C)N1CCCNC1=O)OCOP(=O)(O)O. The van der Waals surface area contributed by atoms with E-state index in [0.29, 0.717) is 31.7 Å². The van der Waals surface area contributed by atoms with Gasteiger partial charge in [0.2, 0.25) is 5.91 Å². The van der Waals surface area contributed by atoms with Crippen LogP contribution in [0.3, 0.4) is 0 Å². The fourth-order valence-electron chi connectivity index (χ4n) is 6.47. The Kier molecular flexibility index (Phi) is 15.2. The Balaban J connectivity index is 1.65. The average molecular weight is 739 g/mol. The summed E-state index contributed by atoms with van der Waals surface area (Å²) in [6, 6.07) is 22.2. The number of rotatable bonds is 19. The molecule has 1 saturated heterocycles. The molecule has 14 heteroatoms. The van der Waals surface area contributed by atoms with Gasteiger partial charge in [0.15, 0.2) is 13.4 Å². The maximum atomic E-state index is 14.1. The Labute approximate surface area is 305 Å². The number of aryl methyl sites for hydroxylation is 2. The standard InChI is InChI=1S/C38H51N4O9P/c1-26(2)35(42-20-12-19-39-38(42)45)37(44)40-31(21-29-15-7-5-8-16-29)23-33(50-25-51-52(46,47)48)32(22-30-17-9-6-10-18-30)41-34(43)24-49-36-27(3)13-11-14-28(36)4/h5-11,13-18,26,31-33,35H,12,19-25H2,1-4H3,(H,39,45)(H,40,44)(H,41,43)(H2,46,47,48)/t31-,32-,33?,35-/m0/s1. The number of benzene rings is 3. The summed E-state index contributed by atoms with van der Waals surface area (Å²) in [4.78, 5) is 60.9. The third kappa shape index (κ3) is 12.8. The summed E-state index contributed by atoms with van der Waals surface area (Å²) >= 11 is 0. The highest BCUT2D eigenvalue weighted by atomic mass is 31.2. The first kappa shape index (κ1) is 40.5. The molecule has 1 heterocycles. The Hall–Kier alpha value is -4.26. The van der Waals surface area contributed by atoms with Crippen LogP contribution in [0.1, 0.15) is 48.9 Å². The quantitative estimate of drug-likeness (QED) is 0.0881. The van der Waals surface area contributed by atoms with Gasteiger partial charge >= 0.3 is 13.9 Å². The zero-order chi connectivity index (χ0) is 37.7. The predicted molar refractivity (Wildman–Crippen MR) is 196 cm³/mol. The van der Waals surface area contributed by atoms with E-state index in [2.05, 4.69) is 16.0 Å². The van der Waals surface area contributed by atoms with Gasteiger partial charge in [-0.15, -0.1) is 0 Å². The molecule has 3 aromatic rings. The summed E-state index contributed by atoms with van der Waals surface area (Å²) in [5.41, 5.74) is 3.55. The van der Waals surface area contributed by atoms with Crippen molar-refractivity contribution in [2.45, 2.75) is 77.6 Å². The van der Waals surface area contributed by atoms with Crippen LogP contribution in [0.25, 0.3) is 0 Å². The first-order valence-corrected chi connectivity index (χ1v) is 19.1. The van der Waals surface area contributed by atoms with Crippen molar-refractivity contribution in [3.8, 4) is 5.75 Å². The number of carbonyl (C=O) groups is 3. The molecule has 0 bridgehead atoms. The molecule has 1 unspecified atom stereocenters. The fraction of sp³-hybridized carbons (Fsp3) is 0.447. The molecule has 4 atom stereocenters. The smallest absolute Gasteiger partial charge is 0.471 e. The lowest BCUT2D eigenvalue weighted by Crippen LogP contribution is -2.59. The van der Waals surface area contributed by atoms with E-state index in [1.54, 1.807) is 4.90 Å². The number of ether oxygens (including phenoxy) is 2. The number of para-hydroxylation sites is 1. The molecule has 5 N–H and O–H groups in total. The van der Waals surface area contributed by atoms with E-state index in [1.807, 2.05) is 107 Å². The Bertz CT molecular complexity index is 1630. The molecular formula is C38H51N4O9P. The molecule has 52 heavy (non-hydrogen) atoms. The van der Waals surface area contributed by atoms with Crippen molar-refractivity contribution in [3.63, 3.8) is 0 Å². The second-order valence-electron chi connectivity index (χ2n) is 13.4. The summed E-state index contributed by atoms with van der Waals surface area (Å²) in [5, 5.41) is 9.02. The van der Waals surface area contributed by atoms with Gasteiger partial charge in [0, 0.05) is 19.1 Å². The molecule has 3 aromatic carbocycles. The lowest BCUT2D eigenvalue weighted by atomic mass is 9.92. The summed E-state index contributed by atoms with van der Waals surface area (Å²) in [7, 11) is -4.90. The lowest BCUT2D eigenvalue weighted by Gasteiger charge is -2.37. The molecule has 1 fully saturated rings. The summed E-state index contributed by atoms with van der Waals surface area (Å²) in [6.45, 7) is 7.47. The van der Waals surface area contributed by atoms with Gasteiger partial charge in [-0.3, -0.25) is 14.1 Å². The van der Waals surface area contributed by atoms with Crippen LogP contribution >= 0.6 is 7.82 Å². The van der Waals surface area contributed by atoms with Crippen molar-refractivity contribution < 1.29 is 42.7 Å². The molecular weight excluding hydrogens is 687 g/mol. The fourth-order valence-corrected chi connectivity index (χ4v) is 6.67. The van der Waals surface area contributed by atoms with E-state index >= 15 is 0 Å². The highest BCUT2D eigenvalue weighted by molar-refractivity contribution is 7.46. The maximum absolute atomic E-state index is 14.1. The number of hydrogen-bond acceptors (Lipinski definition) is 7. The van der Waals surface area contributed by atoms with Crippen LogP contribution < -0.4 is 20.7 Å². The molecule has 282 valence electrons. The largest absolute Gasteiger partial charge is 0.483 e. The topological polar surface area (TPSA) is 176 Å². The number of urea groups is 1. The molecule has 0 aromatic heterocycles. The second kappa shape index (κ2) is 19.5. The molecule has 0 aliphatic carbocycles. The average Bonchev–Trinajstić information content (AvgIpc) is 3.08. The molecule has 0 spiro atoms. The molecule has 4 amide bonds. The van der Waals surface area contributed by atoms with Gasteiger partial charge in [0.1, 0.15) is 11.8 Å². The van der Waals surface area contributed by atoms with Crippen molar-refractivity contribution in [3.05, 3.63) is 101 Å². The number of nitrogens with zero attached hydrogens (tertiary/aromatic N) is 1.